The normalized spacial score (nSPS) is 27.0. The number of halogens is 2. The number of benzene rings is 2. The molecule has 0 spiro atoms. The van der Waals surface area contributed by atoms with E-state index in [2.05, 4.69) is 52.2 Å². The Morgan fingerprint density at radius 1 is 0.662 bits per heavy atom. The van der Waals surface area contributed by atoms with Crippen LogP contribution in [0.1, 0.15) is 130 Å². The summed E-state index contributed by atoms with van der Waals surface area (Å²) in [4.78, 5) is 15.0. The molecule has 3 aliphatic heterocycles. The molecule has 0 radical (unpaired) electrons. The lowest BCUT2D eigenvalue weighted by atomic mass is 9.74. The lowest BCUT2D eigenvalue weighted by molar-refractivity contribution is -0.110. The Morgan fingerprint density at radius 2 is 1.10 bits per heavy atom. The number of hydrogen-bond donors (Lipinski definition) is 1. The topological polar surface area (TPSA) is 105 Å². The minimum absolute atomic E-state index is 0.0369. The zero-order chi connectivity index (χ0) is 52.1. The first-order chi connectivity index (χ1) is 34.3. The maximum atomic E-state index is 13.9. The van der Waals surface area contributed by atoms with E-state index in [1.54, 1.807) is 30.3 Å². The van der Waals surface area contributed by atoms with E-state index in [1.807, 2.05) is 63.3 Å². The van der Waals surface area contributed by atoms with E-state index in [0.717, 1.165) is 88.3 Å². The van der Waals surface area contributed by atoms with Gasteiger partial charge >= 0.3 is 0 Å². The Kier molecular flexibility index (Phi) is 29.3. The van der Waals surface area contributed by atoms with Crippen LogP contribution in [0.4, 0.5) is 8.78 Å². The average Bonchev–Trinajstić information content (AvgIpc) is 4.20. The number of oxime groups is 1. The molecule has 1 N–H and O–H groups in total. The summed E-state index contributed by atoms with van der Waals surface area (Å²) in [6.45, 7) is 33.3. The molecule has 2 saturated heterocycles. The van der Waals surface area contributed by atoms with Crippen molar-refractivity contribution in [2.45, 2.75) is 148 Å². The van der Waals surface area contributed by atoms with Gasteiger partial charge in [-0.2, -0.15) is 0 Å². The highest BCUT2D eigenvalue weighted by atomic mass is 19.1. The number of aldehydes is 1. The van der Waals surface area contributed by atoms with E-state index in [-0.39, 0.29) is 41.3 Å². The molecule has 10 atom stereocenters. The first-order valence-corrected chi connectivity index (χ1v) is 26.5. The van der Waals surface area contributed by atoms with E-state index in [0.29, 0.717) is 75.0 Å². The first kappa shape index (κ1) is 61.5. The standard InChI is InChI=1S/2C14H17FO.C9H16O.C8H16O2.C8H14O2.C7H11NO/c2*1-10-6-11-8-16-9-14(11,7-10)12-4-2-3-5-13(12)15;1-4-7-9(8-5-2)10-6-3;2*1-3-5-8(6-7-9)10-4-2;1-5-2-6-4-9-8-7(6)3-5/h2*2-5,10-11H,6-9H2,1H3;4-5,9H,1-2,6-8H2,3H3;3,8-9H,1,4-7H2,2H3;3,7-8H,1,4-6H2,2H3;5-6H,2-4H2,1H3/t10-,11+,14+;10-,11-,14-;;;;/m10..../s1. The molecule has 2 aromatic rings. The van der Waals surface area contributed by atoms with Gasteiger partial charge in [-0.1, -0.05) is 86.6 Å². The van der Waals surface area contributed by atoms with Crippen LogP contribution in [-0.4, -0.2) is 94.9 Å². The van der Waals surface area contributed by atoms with Crippen LogP contribution in [-0.2, 0) is 44.1 Å². The van der Waals surface area contributed by atoms with Gasteiger partial charge in [-0.3, -0.25) is 0 Å². The van der Waals surface area contributed by atoms with Crippen molar-refractivity contribution in [1.29, 1.82) is 0 Å². The second-order valence-electron chi connectivity index (χ2n) is 20.2. The predicted molar refractivity (Wildman–Crippen MR) is 285 cm³/mol. The smallest absolute Gasteiger partial charge is 0.127 e. The van der Waals surface area contributed by atoms with Crippen LogP contribution in [0.3, 0.4) is 0 Å². The number of fused-ring (bicyclic) bond motifs is 3. The van der Waals surface area contributed by atoms with Crippen molar-refractivity contribution in [3.8, 4) is 0 Å². The van der Waals surface area contributed by atoms with Gasteiger partial charge in [0.15, 0.2) is 0 Å². The van der Waals surface area contributed by atoms with Crippen molar-refractivity contribution in [1.82, 2.24) is 0 Å². The minimum Gasteiger partial charge on any atom is -0.396 e. The third kappa shape index (κ3) is 19.2. The van der Waals surface area contributed by atoms with Gasteiger partial charge in [0.05, 0.1) is 50.5 Å². The maximum Gasteiger partial charge on any atom is 0.127 e. The zero-order valence-electron chi connectivity index (χ0n) is 44.4. The average molecular weight is 992 g/mol. The van der Waals surface area contributed by atoms with E-state index < -0.39 is 0 Å². The molecule has 9 nitrogen and oxygen atoms in total. The number of rotatable bonds is 20. The van der Waals surface area contributed by atoms with E-state index in [9.17, 15) is 13.6 Å². The van der Waals surface area contributed by atoms with E-state index in [1.165, 1.54) is 31.4 Å². The molecule has 2 aromatic carbocycles. The fraction of sp³-hybridized carbons (Fsp3) is 0.633. The molecular weight excluding hydrogens is 901 g/mol. The Balaban J connectivity index is 0.000000230. The molecular formula is C60H91F2NO8. The van der Waals surface area contributed by atoms with Crippen LogP contribution < -0.4 is 0 Å². The SMILES string of the molecule is C=CCC(CC=C)OCC.C=CCC(CC=O)OCC.C=CCC(CCO)OCC.CC1CC2=NOCC2C1.C[C@@H]1C[C@H]2COC[C@@]2(c2ccccc2F)C1.C[C@H]1C[C@H]2COC[C@@]2(c2ccccc2F)C1. The Hall–Kier alpha value is -3.84. The zero-order valence-corrected chi connectivity index (χ0v) is 44.4. The highest BCUT2D eigenvalue weighted by molar-refractivity contribution is 5.89. The quantitative estimate of drug-likeness (QED) is 0.103. The molecule has 0 amide bonds. The monoisotopic (exact) mass is 992 g/mol. The number of ether oxygens (including phenoxy) is 5. The molecule has 398 valence electrons. The van der Waals surface area contributed by atoms with Gasteiger partial charge in [-0.25, -0.2) is 8.78 Å². The number of nitrogens with zero attached hydrogens (tertiary/aromatic N) is 1. The molecule has 6 aliphatic rings. The van der Waals surface area contributed by atoms with Crippen molar-refractivity contribution < 1.29 is 47.2 Å². The largest absolute Gasteiger partial charge is 0.396 e. The van der Waals surface area contributed by atoms with Crippen molar-refractivity contribution in [3.63, 3.8) is 0 Å². The lowest BCUT2D eigenvalue weighted by Gasteiger charge is -2.28. The highest BCUT2D eigenvalue weighted by Gasteiger charge is 2.53. The number of hydrogen-bond acceptors (Lipinski definition) is 9. The van der Waals surface area contributed by atoms with Gasteiger partial charge in [0, 0.05) is 49.6 Å². The number of carbonyl (C=O) groups is 1. The summed E-state index contributed by atoms with van der Waals surface area (Å²) in [6.07, 6.45) is 20.3. The summed E-state index contributed by atoms with van der Waals surface area (Å²) < 4.78 is 55.0. The van der Waals surface area contributed by atoms with Crippen LogP contribution >= 0.6 is 0 Å². The summed E-state index contributed by atoms with van der Waals surface area (Å²) in [5.41, 5.74) is 2.99. The second-order valence-corrected chi connectivity index (χ2v) is 20.2. The van der Waals surface area contributed by atoms with Crippen molar-refractivity contribution in [3.05, 3.63) is 122 Å². The van der Waals surface area contributed by atoms with Crippen LogP contribution in [0.5, 0.6) is 0 Å². The van der Waals surface area contributed by atoms with Crippen LogP contribution in [0, 0.1) is 47.1 Å². The van der Waals surface area contributed by atoms with Gasteiger partial charge in [-0.05, 0) is 144 Å². The molecule has 71 heavy (non-hydrogen) atoms. The fourth-order valence-electron chi connectivity index (χ4n) is 11.4. The Morgan fingerprint density at radius 3 is 1.51 bits per heavy atom. The van der Waals surface area contributed by atoms with Gasteiger partial charge in [0.25, 0.3) is 0 Å². The van der Waals surface area contributed by atoms with Gasteiger partial charge < -0.3 is 38.4 Å². The van der Waals surface area contributed by atoms with Gasteiger partial charge in [0.1, 0.15) is 24.5 Å². The highest BCUT2D eigenvalue weighted by Crippen LogP contribution is 2.53. The number of carbonyl (C=O) groups excluding carboxylic acids is 1. The molecule has 8 rings (SSSR count). The molecule has 0 bridgehead atoms. The van der Waals surface area contributed by atoms with Gasteiger partial charge in [0.2, 0.25) is 0 Å². The third-order valence-corrected chi connectivity index (χ3v) is 14.4. The van der Waals surface area contributed by atoms with Crippen LogP contribution in [0.2, 0.25) is 0 Å². The summed E-state index contributed by atoms with van der Waals surface area (Å²) in [6, 6.07) is 14.4. The predicted octanol–water partition coefficient (Wildman–Crippen LogP) is 13.1. The molecule has 4 unspecified atom stereocenters. The molecule has 11 heteroatoms. The van der Waals surface area contributed by atoms with E-state index >= 15 is 0 Å². The summed E-state index contributed by atoms with van der Waals surface area (Å²) in [7, 11) is 0. The maximum absolute atomic E-state index is 13.9. The van der Waals surface area contributed by atoms with E-state index in [4.69, 9.17) is 33.6 Å². The summed E-state index contributed by atoms with van der Waals surface area (Å²) in [5.74, 6) is 3.80. The van der Waals surface area contributed by atoms with Crippen LogP contribution in [0.25, 0.3) is 0 Å². The Labute approximate surface area is 427 Å². The first-order valence-electron chi connectivity index (χ1n) is 26.5. The molecule has 0 aromatic heterocycles. The second kappa shape index (κ2) is 33.8. The van der Waals surface area contributed by atoms with Gasteiger partial charge in [-0.15, -0.1) is 26.3 Å². The third-order valence-electron chi connectivity index (χ3n) is 14.4. The minimum atomic E-state index is -0.0629. The molecule has 3 aliphatic carbocycles. The number of aliphatic hydroxyl groups is 1. The number of aliphatic hydroxyl groups excluding tert-OH is 1. The fourth-order valence-corrected chi connectivity index (χ4v) is 11.4. The van der Waals surface area contributed by atoms with Crippen molar-refractivity contribution in [2.75, 3.05) is 59.5 Å². The summed E-state index contributed by atoms with van der Waals surface area (Å²) in [5, 5.41) is 12.5. The summed E-state index contributed by atoms with van der Waals surface area (Å²) >= 11 is 0. The Bertz CT molecular complexity index is 1750. The van der Waals surface area contributed by atoms with Crippen molar-refractivity contribution >= 4 is 12.0 Å². The molecule has 3 saturated carbocycles. The van der Waals surface area contributed by atoms with Crippen LogP contribution in [0.15, 0.2) is 104 Å². The van der Waals surface area contributed by atoms with Crippen molar-refractivity contribution in [2.24, 2.45) is 40.7 Å². The molecule has 3 heterocycles. The molecule has 5 fully saturated rings. The lowest BCUT2D eigenvalue weighted by Crippen LogP contribution is -2.30.